The summed E-state index contributed by atoms with van der Waals surface area (Å²) in [5, 5.41) is 7.41. The van der Waals surface area contributed by atoms with Gasteiger partial charge in [-0.1, -0.05) is 26.7 Å². The van der Waals surface area contributed by atoms with Crippen LogP contribution in [0.25, 0.3) is 0 Å². The third-order valence-corrected chi connectivity index (χ3v) is 4.64. The van der Waals surface area contributed by atoms with E-state index in [-0.39, 0.29) is 5.60 Å². The Morgan fingerprint density at radius 1 is 1.35 bits per heavy atom. The number of nitrogens with zero attached hydrogens (tertiary/aromatic N) is 1. The van der Waals surface area contributed by atoms with Gasteiger partial charge >= 0.3 is 0 Å². The number of rotatable bonds is 7. The summed E-state index contributed by atoms with van der Waals surface area (Å²) in [4.78, 5) is 2.44. The third kappa shape index (κ3) is 4.45. The second-order valence-electron chi connectivity index (χ2n) is 7.10. The molecule has 0 amide bonds. The largest absolute Gasteiger partial charge is 0.388 e. The van der Waals surface area contributed by atoms with Crippen molar-refractivity contribution >= 4 is 5.84 Å². The molecule has 0 aromatic heterocycles. The van der Waals surface area contributed by atoms with E-state index < -0.39 is 0 Å². The summed E-state index contributed by atoms with van der Waals surface area (Å²) in [6.07, 6.45) is 8.72. The fraction of sp³-hybridized carbons (Fsp3) is 0.938. The first-order valence-corrected chi connectivity index (χ1v) is 8.22. The van der Waals surface area contributed by atoms with E-state index in [1.54, 1.807) is 0 Å². The molecule has 1 unspecified atom stereocenters. The van der Waals surface area contributed by atoms with Crippen molar-refractivity contribution in [2.75, 3.05) is 19.6 Å². The zero-order chi connectivity index (χ0) is 14.6. The first-order chi connectivity index (χ1) is 9.49. The highest BCUT2D eigenvalue weighted by molar-refractivity contribution is 5.76. The number of nitrogens with one attached hydrogen (secondary N) is 1. The molecule has 0 radical (unpaired) electrons. The summed E-state index contributed by atoms with van der Waals surface area (Å²) in [5.41, 5.74) is 5.73. The minimum Gasteiger partial charge on any atom is -0.388 e. The van der Waals surface area contributed by atoms with E-state index >= 15 is 0 Å². The molecule has 4 nitrogen and oxygen atoms in total. The Bertz CT molecular complexity index is 324. The van der Waals surface area contributed by atoms with Crippen molar-refractivity contribution in [3.05, 3.63) is 0 Å². The summed E-state index contributed by atoms with van der Waals surface area (Å²) in [6, 6.07) is 0. The van der Waals surface area contributed by atoms with Crippen LogP contribution in [0, 0.1) is 11.3 Å². The van der Waals surface area contributed by atoms with E-state index in [1.807, 2.05) is 0 Å². The fourth-order valence-corrected chi connectivity index (χ4v) is 3.75. The van der Waals surface area contributed by atoms with Gasteiger partial charge in [-0.2, -0.15) is 0 Å². The predicted octanol–water partition coefficient (Wildman–Crippen LogP) is 2.76. The number of hydrogen-bond acceptors (Lipinski definition) is 3. The fourth-order valence-electron chi connectivity index (χ4n) is 3.75. The van der Waals surface area contributed by atoms with Crippen molar-refractivity contribution in [3.63, 3.8) is 0 Å². The maximum atomic E-state index is 7.41. The zero-order valence-electron chi connectivity index (χ0n) is 13.2. The van der Waals surface area contributed by atoms with Gasteiger partial charge in [-0.15, -0.1) is 0 Å². The molecule has 1 aliphatic heterocycles. The molecule has 1 atom stereocenters. The van der Waals surface area contributed by atoms with Gasteiger partial charge in [-0.25, -0.2) is 0 Å². The molecule has 0 aromatic carbocycles. The highest BCUT2D eigenvalue weighted by Crippen LogP contribution is 2.43. The maximum absolute atomic E-state index is 7.41. The molecule has 2 rings (SSSR count). The lowest BCUT2D eigenvalue weighted by molar-refractivity contribution is -0.0478. The van der Waals surface area contributed by atoms with Crippen LogP contribution < -0.4 is 5.73 Å². The molecule has 20 heavy (non-hydrogen) atoms. The Kier molecular flexibility index (Phi) is 5.44. The van der Waals surface area contributed by atoms with Crippen molar-refractivity contribution in [1.82, 2.24) is 4.90 Å². The minimum absolute atomic E-state index is 0.231. The van der Waals surface area contributed by atoms with E-state index in [1.165, 1.54) is 38.5 Å². The second kappa shape index (κ2) is 6.90. The molecule has 2 fully saturated rings. The monoisotopic (exact) mass is 281 g/mol. The van der Waals surface area contributed by atoms with Crippen molar-refractivity contribution in [1.29, 1.82) is 5.41 Å². The molecule has 0 aromatic rings. The smallest absolute Gasteiger partial charge is 0.0918 e. The summed E-state index contributed by atoms with van der Waals surface area (Å²) in [6.45, 7) is 7.46. The number of hydrogen-bond donors (Lipinski definition) is 2. The molecule has 1 saturated carbocycles. The summed E-state index contributed by atoms with van der Waals surface area (Å²) in [5.74, 6) is 0.933. The highest BCUT2D eigenvalue weighted by atomic mass is 16.5. The Balaban J connectivity index is 1.82. The Morgan fingerprint density at radius 2 is 2.05 bits per heavy atom. The lowest BCUT2D eigenvalue weighted by Gasteiger charge is -2.29. The molecule has 2 aliphatic rings. The molecule has 0 bridgehead atoms. The topological polar surface area (TPSA) is 62.3 Å². The SMILES string of the molecule is CC(C)CN(CCC(=N)N)CC1CCC2(CCCC2)O1. The van der Waals surface area contributed by atoms with E-state index in [9.17, 15) is 0 Å². The number of ether oxygens (including phenoxy) is 1. The number of amidine groups is 1. The second-order valence-corrected chi connectivity index (χ2v) is 7.10. The minimum atomic E-state index is 0.231. The maximum Gasteiger partial charge on any atom is 0.0918 e. The van der Waals surface area contributed by atoms with Crippen LogP contribution in [0.5, 0.6) is 0 Å². The van der Waals surface area contributed by atoms with Gasteiger partial charge in [0.15, 0.2) is 0 Å². The van der Waals surface area contributed by atoms with E-state index in [0.29, 0.717) is 24.3 Å². The Labute approximate surface area is 123 Å². The summed E-state index contributed by atoms with van der Waals surface area (Å²) < 4.78 is 6.40. The van der Waals surface area contributed by atoms with E-state index in [2.05, 4.69) is 18.7 Å². The average molecular weight is 281 g/mol. The van der Waals surface area contributed by atoms with Crippen molar-refractivity contribution in [2.24, 2.45) is 11.7 Å². The quantitative estimate of drug-likeness (QED) is 0.557. The molecule has 4 heteroatoms. The molecule has 116 valence electrons. The predicted molar refractivity (Wildman–Crippen MR) is 83.1 cm³/mol. The lowest BCUT2D eigenvalue weighted by Crippen LogP contribution is -2.38. The van der Waals surface area contributed by atoms with Crippen molar-refractivity contribution in [2.45, 2.75) is 70.5 Å². The van der Waals surface area contributed by atoms with Crippen LogP contribution in [0.15, 0.2) is 0 Å². The van der Waals surface area contributed by atoms with Crippen molar-refractivity contribution in [3.8, 4) is 0 Å². The van der Waals surface area contributed by atoms with Crippen LogP contribution in [0.4, 0.5) is 0 Å². The normalized spacial score (nSPS) is 25.1. The van der Waals surface area contributed by atoms with Gasteiger partial charge in [0.2, 0.25) is 0 Å². The van der Waals surface area contributed by atoms with Gasteiger partial charge in [0, 0.05) is 26.1 Å². The molecule has 1 saturated heterocycles. The number of nitrogens with two attached hydrogens (primary N) is 1. The van der Waals surface area contributed by atoms with Crippen LogP contribution in [-0.4, -0.2) is 42.1 Å². The van der Waals surface area contributed by atoms with Gasteiger partial charge < -0.3 is 15.4 Å². The Hall–Kier alpha value is -0.610. The van der Waals surface area contributed by atoms with Gasteiger partial charge in [0.1, 0.15) is 0 Å². The molecular weight excluding hydrogens is 250 g/mol. The molecule has 3 N–H and O–H groups in total. The third-order valence-electron chi connectivity index (χ3n) is 4.64. The first kappa shape index (κ1) is 15.8. The van der Waals surface area contributed by atoms with Crippen LogP contribution in [0.1, 0.15) is 58.8 Å². The van der Waals surface area contributed by atoms with Gasteiger partial charge in [0.25, 0.3) is 0 Å². The lowest BCUT2D eigenvalue weighted by atomic mass is 9.98. The van der Waals surface area contributed by atoms with Gasteiger partial charge in [-0.3, -0.25) is 5.41 Å². The molecule has 1 spiro atoms. The standard InChI is InChI=1S/C16H31N3O/c1-13(2)11-19(10-6-15(17)18)12-14-5-9-16(20-14)7-3-4-8-16/h13-14H,3-12H2,1-2H3,(H3,17,18). The average Bonchev–Trinajstić information content (AvgIpc) is 2.97. The van der Waals surface area contributed by atoms with Gasteiger partial charge in [0.05, 0.1) is 17.5 Å². The summed E-state index contributed by atoms with van der Waals surface area (Å²) in [7, 11) is 0. The van der Waals surface area contributed by atoms with Crippen LogP contribution >= 0.6 is 0 Å². The van der Waals surface area contributed by atoms with Gasteiger partial charge in [-0.05, 0) is 31.6 Å². The van der Waals surface area contributed by atoms with Crippen LogP contribution in [-0.2, 0) is 4.74 Å². The molecule has 1 aliphatic carbocycles. The highest BCUT2D eigenvalue weighted by Gasteiger charge is 2.42. The zero-order valence-corrected chi connectivity index (χ0v) is 13.2. The molecule has 1 heterocycles. The van der Waals surface area contributed by atoms with Crippen molar-refractivity contribution < 1.29 is 4.74 Å². The first-order valence-electron chi connectivity index (χ1n) is 8.22. The molecular formula is C16H31N3O. The summed E-state index contributed by atoms with van der Waals surface area (Å²) >= 11 is 0. The van der Waals surface area contributed by atoms with E-state index in [0.717, 1.165) is 19.6 Å². The Morgan fingerprint density at radius 3 is 2.65 bits per heavy atom. The van der Waals surface area contributed by atoms with Crippen LogP contribution in [0.2, 0.25) is 0 Å². The van der Waals surface area contributed by atoms with E-state index in [4.69, 9.17) is 15.9 Å². The van der Waals surface area contributed by atoms with Crippen LogP contribution in [0.3, 0.4) is 0 Å².